The lowest BCUT2D eigenvalue weighted by Gasteiger charge is -2.24. The Hall–Kier alpha value is -4.30. The van der Waals surface area contributed by atoms with Gasteiger partial charge in [0.2, 0.25) is 0 Å². The number of benzene rings is 2. The van der Waals surface area contributed by atoms with E-state index < -0.39 is 18.0 Å². The summed E-state index contributed by atoms with van der Waals surface area (Å²) >= 11 is 1.25. The third-order valence-electron chi connectivity index (χ3n) is 5.37. The van der Waals surface area contributed by atoms with Crippen molar-refractivity contribution in [3.05, 3.63) is 115 Å². The van der Waals surface area contributed by atoms with Gasteiger partial charge in [-0.3, -0.25) is 14.2 Å². The fourth-order valence-electron chi connectivity index (χ4n) is 3.82. The molecule has 0 fully saturated rings. The molecule has 0 N–H and O–H groups in total. The predicted molar refractivity (Wildman–Crippen MR) is 139 cm³/mol. The summed E-state index contributed by atoms with van der Waals surface area (Å²) in [5.74, 6) is -0.659. The summed E-state index contributed by atoms with van der Waals surface area (Å²) in [6, 6.07) is 15.7. The van der Waals surface area contributed by atoms with E-state index in [0.717, 1.165) is 5.56 Å². The van der Waals surface area contributed by atoms with Crippen LogP contribution in [0.4, 0.5) is 0 Å². The SMILES string of the molecule is C=CCOC(=O)C1=C(C)N=c2s/c(=C\C=C\c3ccccc3)c(=O)n2[C@H]1c1ccc(OC(C)=O)cc1. The molecule has 0 bridgehead atoms. The van der Waals surface area contributed by atoms with E-state index in [0.29, 0.717) is 26.3 Å². The quantitative estimate of drug-likeness (QED) is 0.281. The van der Waals surface area contributed by atoms with E-state index >= 15 is 0 Å². The molecule has 2 heterocycles. The van der Waals surface area contributed by atoms with Crippen molar-refractivity contribution in [2.75, 3.05) is 6.61 Å². The van der Waals surface area contributed by atoms with E-state index in [4.69, 9.17) is 9.47 Å². The molecule has 0 saturated carbocycles. The summed E-state index contributed by atoms with van der Waals surface area (Å²) in [5.41, 5.74) is 2.11. The van der Waals surface area contributed by atoms with E-state index in [9.17, 15) is 14.4 Å². The number of rotatable bonds is 7. The number of hydrogen-bond donors (Lipinski definition) is 0. The van der Waals surface area contributed by atoms with Crippen LogP contribution in [0.5, 0.6) is 5.75 Å². The van der Waals surface area contributed by atoms with Crippen molar-refractivity contribution in [1.29, 1.82) is 0 Å². The van der Waals surface area contributed by atoms with E-state index in [1.165, 1.54) is 28.9 Å². The Morgan fingerprint density at radius 1 is 1.14 bits per heavy atom. The Morgan fingerprint density at radius 3 is 2.53 bits per heavy atom. The molecule has 0 spiro atoms. The minimum atomic E-state index is -0.759. The lowest BCUT2D eigenvalue weighted by Crippen LogP contribution is -2.39. The zero-order valence-corrected chi connectivity index (χ0v) is 20.7. The number of thiazole rings is 1. The topological polar surface area (TPSA) is 87.0 Å². The second-order valence-corrected chi connectivity index (χ2v) is 8.93. The van der Waals surface area contributed by atoms with Gasteiger partial charge in [-0.25, -0.2) is 9.79 Å². The van der Waals surface area contributed by atoms with Gasteiger partial charge >= 0.3 is 11.9 Å². The van der Waals surface area contributed by atoms with Crippen LogP contribution in [0.25, 0.3) is 12.2 Å². The number of carbonyl (C=O) groups excluding carboxylic acids is 2. The Kier molecular flexibility index (Phi) is 7.56. The fraction of sp³-hybridized carbons (Fsp3) is 0.143. The molecule has 2 aromatic carbocycles. The average molecular weight is 501 g/mol. The van der Waals surface area contributed by atoms with Crippen molar-refractivity contribution in [2.24, 2.45) is 4.99 Å². The summed E-state index contributed by atoms with van der Waals surface area (Å²) in [6.07, 6.45) is 6.95. The third kappa shape index (κ3) is 5.34. The Bertz CT molecular complexity index is 1540. The minimum Gasteiger partial charge on any atom is -0.458 e. The van der Waals surface area contributed by atoms with Gasteiger partial charge in [0.05, 0.1) is 21.8 Å². The molecular weight excluding hydrogens is 476 g/mol. The van der Waals surface area contributed by atoms with Crippen molar-refractivity contribution in [3.63, 3.8) is 0 Å². The first-order valence-corrected chi connectivity index (χ1v) is 12.0. The van der Waals surface area contributed by atoms with E-state index in [2.05, 4.69) is 11.6 Å². The molecule has 0 amide bonds. The number of ether oxygens (including phenoxy) is 2. The van der Waals surface area contributed by atoms with Crippen LogP contribution in [0.1, 0.15) is 31.0 Å². The molecule has 182 valence electrons. The van der Waals surface area contributed by atoms with Gasteiger partial charge in [-0.2, -0.15) is 0 Å². The number of allylic oxidation sites excluding steroid dienone is 2. The molecule has 3 aromatic rings. The van der Waals surface area contributed by atoms with Gasteiger partial charge in [-0.1, -0.05) is 78.6 Å². The molecule has 0 unspecified atom stereocenters. The largest absolute Gasteiger partial charge is 0.458 e. The van der Waals surface area contributed by atoms with Crippen molar-refractivity contribution < 1.29 is 19.1 Å². The number of hydrogen-bond acceptors (Lipinski definition) is 7. The molecule has 7 nitrogen and oxygen atoms in total. The Balaban J connectivity index is 1.82. The molecule has 1 aliphatic rings. The van der Waals surface area contributed by atoms with Crippen LogP contribution in [0.3, 0.4) is 0 Å². The maximum atomic E-state index is 13.5. The van der Waals surface area contributed by atoms with Gasteiger partial charge in [0.15, 0.2) is 4.80 Å². The molecule has 8 heteroatoms. The number of carbonyl (C=O) groups is 2. The minimum absolute atomic E-state index is 0.0302. The van der Waals surface area contributed by atoms with Gasteiger partial charge in [0.25, 0.3) is 5.56 Å². The van der Waals surface area contributed by atoms with E-state index in [1.54, 1.807) is 37.3 Å². The maximum absolute atomic E-state index is 13.5. The predicted octanol–water partition coefficient (Wildman–Crippen LogP) is 3.55. The molecule has 0 radical (unpaired) electrons. The second kappa shape index (κ2) is 11.0. The lowest BCUT2D eigenvalue weighted by molar-refractivity contribution is -0.138. The van der Waals surface area contributed by atoms with Crippen LogP contribution in [-0.2, 0) is 14.3 Å². The molecule has 1 atom stereocenters. The summed E-state index contributed by atoms with van der Waals surface area (Å²) in [5, 5.41) is 0. The van der Waals surface area contributed by atoms with Gasteiger partial charge in [0, 0.05) is 6.92 Å². The highest BCUT2D eigenvalue weighted by atomic mass is 32.1. The molecule has 0 saturated heterocycles. The zero-order valence-electron chi connectivity index (χ0n) is 19.8. The zero-order chi connectivity index (χ0) is 25.7. The van der Waals surface area contributed by atoms with E-state index in [1.807, 2.05) is 42.5 Å². The molecule has 36 heavy (non-hydrogen) atoms. The van der Waals surface area contributed by atoms with Crippen molar-refractivity contribution in [3.8, 4) is 5.75 Å². The molecule has 4 rings (SSSR count). The van der Waals surface area contributed by atoms with Crippen LogP contribution in [0.2, 0.25) is 0 Å². The Labute approximate surface area is 211 Å². The number of fused-ring (bicyclic) bond motifs is 1. The normalized spacial score (nSPS) is 15.4. The third-order valence-corrected chi connectivity index (χ3v) is 6.37. The van der Waals surface area contributed by atoms with Crippen molar-refractivity contribution in [2.45, 2.75) is 19.9 Å². The monoisotopic (exact) mass is 500 g/mol. The van der Waals surface area contributed by atoms with Crippen LogP contribution >= 0.6 is 11.3 Å². The molecule has 1 aliphatic heterocycles. The lowest BCUT2D eigenvalue weighted by atomic mass is 9.96. The fourth-order valence-corrected chi connectivity index (χ4v) is 4.82. The average Bonchev–Trinajstić information content (AvgIpc) is 3.17. The number of esters is 2. The van der Waals surface area contributed by atoms with Gasteiger partial charge in [0.1, 0.15) is 12.4 Å². The number of aromatic nitrogens is 1. The van der Waals surface area contributed by atoms with Crippen molar-refractivity contribution >= 4 is 35.4 Å². The highest BCUT2D eigenvalue weighted by Crippen LogP contribution is 2.31. The number of nitrogens with zero attached hydrogens (tertiary/aromatic N) is 2. The van der Waals surface area contributed by atoms with Crippen LogP contribution in [0.15, 0.2) is 94.4 Å². The molecule has 1 aromatic heterocycles. The van der Waals surface area contributed by atoms with E-state index in [-0.39, 0.29) is 17.7 Å². The summed E-state index contributed by atoms with van der Waals surface area (Å²) in [4.78, 5) is 42.9. The second-order valence-electron chi connectivity index (χ2n) is 7.92. The first-order chi connectivity index (χ1) is 17.4. The van der Waals surface area contributed by atoms with Crippen LogP contribution < -0.4 is 19.6 Å². The van der Waals surface area contributed by atoms with Gasteiger partial charge in [-0.05, 0) is 36.3 Å². The summed E-state index contributed by atoms with van der Waals surface area (Å²) in [7, 11) is 0. The molecular formula is C28H24N2O5S. The van der Waals surface area contributed by atoms with Gasteiger partial charge < -0.3 is 9.47 Å². The standard InChI is InChI=1S/C28H24N2O5S/c1-4-17-34-27(33)24-18(2)29-28-30(25(24)21-13-15-22(16-14-21)35-19(3)31)26(32)23(36-28)12-8-11-20-9-6-5-7-10-20/h4-16,25H,1,17H2,2-3H3/b11-8+,23-12-/t25-/m0/s1. The smallest absolute Gasteiger partial charge is 0.338 e. The maximum Gasteiger partial charge on any atom is 0.338 e. The van der Waals surface area contributed by atoms with Crippen molar-refractivity contribution in [1.82, 2.24) is 4.57 Å². The highest BCUT2D eigenvalue weighted by molar-refractivity contribution is 7.07. The molecule has 0 aliphatic carbocycles. The summed E-state index contributed by atoms with van der Waals surface area (Å²) < 4.78 is 12.4. The van der Waals surface area contributed by atoms with Crippen LogP contribution in [-0.4, -0.2) is 23.1 Å². The first kappa shape index (κ1) is 24.8. The summed E-state index contributed by atoms with van der Waals surface area (Å²) in [6.45, 7) is 6.66. The Morgan fingerprint density at radius 2 is 1.86 bits per heavy atom. The van der Waals surface area contributed by atoms with Crippen LogP contribution in [0, 0.1) is 0 Å². The first-order valence-electron chi connectivity index (χ1n) is 11.2. The van der Waals surface area contributed by atoms with Gasteiger partial charge in [-0.15, -0.1) is 0 Å². The highest BCUT2D eigenvalue weighted by Gasteiger charge is 2.33.